The van der Waals surface area contributed by atoms with Crippen molar-refractivity contribution in [2.75, 3.05) is 5.32 Å². The molecule has 0 aliphatic carbocycles. The molecule has 1 N–H and O–H groups in total. The maximum Gasteiger partial charge on any atom is 0.259 e. The minimum Gasteiger partial charge on any atom is -0.482 e. The zero-order chi connectivity index (χ0) is 20.1. The van der Waals surface area contributed by atoms with E-state index in [2.05, 4.69) is 5.32 Å². The highest BCUT2D eigenvalue weighted by Gasteiger charge is 2.21. The molecule has 0 saturated carbocycles. The van der Waals surface area contributed by atoms with Gasteiger partial charge in [-0.2, -0.15) is 0 Å². The molecule has 0 aromatic heterocycles. The number of hydrogen-bond acceptors (Lipinski definition) is 3. The molecule has 3 aromatic carbocycles. The highest BCUT2D eigenvalue weighted by Crippen LogP contribution is 2.22. The minimum atomic E-state index is -1.11. The molecular weight excluding hydrogens is 364 g/mol. The van der Waals surface area contributed by atoms with Gasteiger partial charge in [-0.1, -0.05) is 30.3 Å². The summed E-state index contributed by atoms with van der Waals surface area (Å²) in [5, 5.41) is 2.75. The van der Waals surface area contributed by atoms with E-state index in [1.807, 2.05) is 6.07 Å². The van der Waals surface area contributed by atoms with E-state index in [4.69, 9.17) is 4.74 Å². The average Bonchev–Trinajstić information content (AvgIpc) is 2.70. The number of nitrogens with one attached hydrogen (secondary N) is 1. The first kappa shape index (κ1) is 19.2. The van der Waals surface area contributed by atoms with Crippen molar-refractivity contribution >= 4 is 17.4 Å². The predicted octanol–water partition coefficient (Wildman–Crippen LogP) is 4.87. The Kier molecular flexibility index (Phi) is 5.79. The topological polar surface area (TPSA) is 55.4 Å². The van der Waals surface area contributed by atoms with Crippen molar-refractivity contribution in [1.29, 1.82) is 0 Å². The van der Waals surface area contributed by atoms with Gasteiger partial charge in [0, 0.05) is 11.3 Å². The molecule has 3 aromatic rings. The van der Waals surface area contributed by atoms with E-state index in [1.54, 1.807) is 48.5 Å². The van der Waals surface area contributed by atoms with Crippen LogP contribution in [0, 0.1) is 11.6 Å². The van der Waals surface area contributed by atoms with Crippen LogP contribution in [0.3, 0.4) is 0 Å². The van der Waals surface area contributed by atoms with Crippen LogP contribution in [0.15, 0.2) is 72.8 Å². The van der Waals surface area contributed by atoms with Crippen LogP contribution in [0.1, 0.15) is 27.6 Å². The average molecular weight is 381 g/mol. The maximum absolute atomic E-state index is 13.4. The molecule has 0 aliphatic rings. The number of ketones is 1. The molecular formula is C22H17F2NO3. The van der Waals surface area contributed by atoms with Crippen LogP contribution in [-0.2, 0) is 0 Å². The van der Waals surface area contributed by atoms with E-state index in [1.165, 1.54) is 13.0 Å². The zero-order valence-electron chi connectivity index (χ0n) is 15.0. The lowest BCUT2D eigenvalue weighted by Gasteiger charge is -2.16. The van der Waals surface area contributed by atoms with Gasteiger partial charge >= 0.3 is 0 Å². The number of carbonyl (C=O) groups is 2. The van der Waals surface area contributed by atoms with E-state index in [0.29, 0.717) is 5.69 Å². The maximum atomic E-state index is 13.4. The van der Waals surface area contributed by atoms with Crippen LogP contribution in [0.25, 0.3) is 0 Å². The Morgan fingerprint density at radius 2 is 1.57 bits per heavy atom. The summed E-state index contributed by atoms with van der Waals surface area (Å²) in [4.78, 5) is 25.0. The van der Waals surface area contributed by atoms with Crippen molar-refractivity contribution in [3.63, 3.8) is 0 Å². The van der Waals surface area contributed by atoms with Gasteiger partial charge in [-0.05, 0) is 49.4 Å². The summed E-state index contributed by atoms with van der Waals surface area (Å²) in [6.45, 7) is 1.48. The number of para-hydroxylation sites is 2. The van der Waals surface area contributed by atoms with Crippen molar-refractivity contribution in [3.8, 4) is 5.75 Å². The second-order valence-corrected chi connectivity index (χ2v) is 6.07. The summed E-state index contributed by atoms with van der Waals surface area (Å²) < 4.78 is 32.1. The Morgan fingerprint density at radius 3 is 2.29 bits per heavy atom. The number of amides is 1. The zero-order valence-corrected chi connectivity index (χ0v) is 15.0. The molecule has 142 valence electrons. The third-order valence-corrected chi connectivity index (χ3v) is 4.04. The second kappa shape index (κ2) is 8.43. The Balaban J connectivity index is 1.77. The van der Waals surface area contributed by atoms with E-state index in [0.717, 1.165) is 12.1 Å². The molecule has 3 rings (SSSR count). The van der Waals surface area contributed by atoms with Gasteiger partial charge in [0.2, 0.25) is 5.78 Å². The number of hydrogen-bond donors (Lipinski definition) is 1. The Bertz CT molecular complexity index is 1010. The van der Waals surface area contributed by atoms with Gasteiger partial charge in [0.1, 0.15) is 5.75 Å². The highest BCUT2D eigenvalue weighted by atomic mass is 19.2. The van der Waals surface area contributed by atoms with Crippen LogP contribution in [0.4, 0.5) is 14.5 Å². The number of rotatable bonds is 6. The Hall–Kier alpha value is -3.54. The van der Waals surface area contributed by atoms with Crippen LogP contribution >= 0.6 is 0 Å². The molecule has 0 saturated heterocycles. The van der Waals surface area contributed by atoms with Gasteiger partial charge in [-0.25, -0.2) is 8.78 Å². The van der Waals surface area contributed by atoms with Crippen molar-refractivity contribution < 1.29 is 23.1 Å². The summed E-state index contributed by atoms with van der Waals surface area (Å²) in [5.74, 6) is -2.86. The van der Waals surface area contributed by atoms with Gasteiger partial charge in [-0.3, -0.25) is 9.59 Å². The standard InChI is InChI=1S/C22H17F2NO3/c1-14(21(26)15-11-12-18(23)19(24)13-15)28-20-10-6-5-9-17(20)22(27)25-16-7-3-2-4-8-16/h2-14H,1H3,(H,25,27)/t14-/m1/s1. The fourth-order valence-electron chi connectivity index (χ4n) is 2.60. The van der Waals surface area contributed by atoms with Crippen LogP contribution < -0.4 is 10.1 Å². The quantitative estimate of drug-likeness (QED) is 0.620. The number of ether oxygens (including phenoxy) is 1. The lowest BCUT2D eigenvalue weighted by molar-refractivity contribution is 0.0811. The van der Waals surface area contributed by atoms with E-state index < -0.39 is 29.4 Å². The Morgan fingerprint density at radius 1 is 0.893 bits per heavy atom. The number of anilines is 1. The third-order valence-electron chi connectivity index (χ3n) is 4.04. The largest absolute Gasteiger partial charge is 0.482 e. The third kappa shape index (κ3) is 4.40. The fraction of sp³-hybridized carbons (Fsp3) is 0.0909. The number of benzene rings is 3. The van der Waals surface area contributed by atoms with Gasteiger partial charge in [0.15, 0.2) is 17.7 Å². The minimum absolute atomic E-state index is 0.0161. The van der Waals surface area contributed by atoms with Crippen LogP contribution in [0.5, 0.6) is 5.75 Å². The number of carbonyl (C=O) groups excluding carboxylic acids is 2. The fourth-order valence-corrected chi connectivity index (χ4v) is 2.60. The summed E-state index contributed by atoms with van der Waals surface area (Å²) >= 11 is 0. The molecule has 1 amide bonds. The molecule has 0 unspecified atom stereocenters. The van der Waals surface area contributed by atoms with Crippen LogP contribution in [-0.4, -0.2) is 17.8 Å². The van der Waals surface area contributed by atoms with E-state index >= 15 is 0 Å². The molecule has 4 nitrogen and oxygen atoms in total. The highest BCUT2D eigenvalue weighted by molar-refractivity contribution is 6.06. The van der Waals surface area contributed by atoms with Crippen molar-refractivity contribution in [3.05, 3.63) is 95.6 Å². The van der Waals surface area contributed by atoms with Gasteiger partial charge in [0.05, 0.1) is 5.56 Å². The summed E-state index contributed by atoms with van der Waals surface area (Å²) in [7, 11) is 0. The molecule has 28 heavy (non-hydrogen) atoms. The van der Waals surface area contributed by atoms with E-state index in [-0.39, 0.29) is 16.9 Å². The summed E-state index contributed by atoms with van der Waals surface area (Å²) in [5.41, 5.74) is 0.849. The molecule has 0 spiro atoms. The van der Waals surface area contributed by atoms with Crippen molar-refractivity contribution in [2.24, 2.45) is 0 Å². The molecule has 0 radical (unpaired) electrons. The summed E-state index contributed by atoms with van der Waals surface area (Å²) in [6.07, 6.45) is -1.00. The monoisotopic (exact) mass is 381 g/mol. The number of halogens is 2. The Labute approximate surface area is 160 Å². The lowest BCUT2D eigenvalue weighted by Crippen LogP contribution is -2.25. The lowest BCUT2D eigenvalue weighted by atomic mass is 10.1. The van der Waals surface area contributed by atoms with Crippen LogP contribution in [0.2, 0.25) is 0 Å². The predicted molar refractivity (Wildman–Crippen MR) is 102 cm³/mol. The molecule has 6 heteroatoms. The SMILES string of the molecule is C[C@@H](Oc1ccccc1C(=O)Nc1ccccc1)C(=O)c1ccc(F)c(F)c1. The van der Waals surface area contributed by atoms with Crippen molar-refractivity contribution in [2.45, 2.75) is 13.0 Å². The molecule has 0 aliphatic heterocycles. The first-order valence-corrected chi connectivity index (χ1v) is 8.57. The van der Waals surface area contributed by atoms with E-state index in [9.17, 15) is 18.4 Å². The molecule has 1 atom stereocenters. The number of Topliss-reactive ketones (excluding diaryl/α,β-unsaturated/α-hetero) is 1. The van der Waals surface area contributed by atoms with Gasteiger partial charge in [-0.15, -0.1) is 0 Å². The molecule has 0 fully saturated rings. The van der Waals surface area contributed by atoms with Gasteiger partial charge in [0.25, 0.3) is 5.91 Å². The second-order valence-electron chi connectivity index (χ2n) is 6.07. The molecule has 0 heterocycles. The van der Waals surface area contributed by atoms with Gasteiger partial charge < -0.3 is 10.1 Å². The van der Waals surface area contributed by atoms with Crippen molar-refractivity contribution in [1.82, 2.24) is 0 Å². The normalized spacial score (nSPS) is 11.5. The smallest absolute Gasteiger partial charge is 0.259 e. The first-order chi connectivity index (χ1) is 13.5. The first-order valence-electron chi connectivity index (χ1n) is 8.57. The molecule has 0 bridgehead atoms. The summed E-state index contributed by atoms with van der Waals surface area (Å²) in [6, 6.07) is 18.3.